The van der Waals surface area contributed by atoms with Crippen molar-refractivity contribution in [3.05, 3.63) is 59.4 Å². The Morgan fingerprint density at radius 1 is 1.15 bits per heavy atom. The molecule has 0 amide bonds. The molecule has 2 aromatic rings. The van der Waals surface area contributed by atoms with Gasteiger partial charge in [0, 0.05) is 26.2 Å². The zero-order chi connectivity index (χ0) is 19.1. The predicted octanol–water partition coefficient (Wildman–Crippen LogP) is 2.83. The number of likely N-dealkylation sites (N-methyl/N-ethyl adjacent to an activating group) is 1. The molecule has 27 heavy (non-hydrogen) atoms. The summed E-state index contributed by atoms with van der Waals surface area (Å²) in [5, 5.41) is 3.44. The molecule has 0 aromatic heterocycles. The molecule has 0 spiro atoms. The molecule has 0 bridgehead atoms. The highest BCUT2D eigenvalue weighted by Crippen LogP contribution is 2.29. The molecule has 1 saturated heterocycles. The van der Waals surface area contributed by atoms with Gasteiger partial charge in [-0.05, 0) is 42.4 Å². The third-order valence-electron chi connectivity index (χ3n) is 4.58. The maximum Gasteiger partial charge on any atom is 0.161 e. The van der Waals surface area contributed by atoms with E-state index >= 15 is 0 Å². The zero-order valence-corrected chi connectivity index (χ0v) is 15.9. The highest BCUT2D eigenvalue weighted by molar-refractivity contribution is 5.43. The van der Waals surface area contributed by atoms with Crippen LogP contribution in [0.5, 0.6) is 11.5 Å². The number of nitrogens with zero attached hydrogens (tertiary/aromatic N) is 1. The average molecular weight is 374 g/mol. The van der Waals surface area contributed by atoms with Crippen molar-refractivity contribution in [3.63, 3.8) is 0 Å². The van der Waals surface area contributed by atoms with Gasteiger partial charge in [-0.15, -0.1) is 0 Å². The van der Waals surface area contributed by atoms with E-state index in [9.17, 15) is 4.39 Å². The van der Waals surface area contributed by atoms with Crippen molar-refractivity contribution in [1.82, 2.24) is 10.2 Å². The smallest absolute Gasteiger partial charge is 0.161 e. The van der Waals surface area contributed by atoms with Gasteiger partial charge in [-0.2, -0.15) is 0 Å². The van der Waals surface area contributed by atoms with Crippen LogP contribution in [0.15, 0.2) is 42.5 Å². The SMILES string of the molecule is COc1cc(CNCC2CN(C)CCO2)ccc1OCc1ccc(F)cc1. The molecule has 1 unspecified atom stereocenters. The van der Waals surface area contributed by atoms with E-state index in [0.29, 0.717) is 18.1 Å². The molecule has 2 aromatic carbocycles. The lowest BCUT2D eigenvalue weighted by Gasteiger charge is -2.30. The molecule has 6 heteroatoms. The summed E-state index contributed by atoms with van der Waals surface area (Å²) in [5.74, 6) is 1.10. The molecule has 0 radical (unpaired) electrons. The Balaban J connectivity index is 1.51. The lowest BCUT2D eigenvalue weighted by atomic mass is 10.2. The first-order chi connectivity index (χ1) is 13.1. The van der Waals surface area contributed by atoms with Crippen LogP contribution in [-0.2, 0) is 17.9 Å². The van der Waals surface area contributed by atoms with Crippen LogP contribution in [0.4, 0.5) is 4.39 Å². The van der Waals surface area contributed by atoms with E-state index < -0.39 is 0 Å². The van der Waals surface area contributed by atoms with Crippen molar-refractivity contribution < 1.29 is 18.6 Å². The summed E-state index contributed by atoms with van der Waals surface area (Å²) in [7, 11) is 3.74. The minimum absolute atomic E-state index is 0.226. The van der Waals surface area contributed by atoms with Gasteiger partial charge in [-0.3, -0.25) is 0 Å². The molecule has 1 fully saturated rings. The van der Waals surface area contributed by atoms with Gasteiger partial charge in [0.1, 0.15) is 12.4 Å². The second-order valence-corrected chi connectivity index (χ2v) is 6.79. The molecule has 0 aliphatic carbocycles. The van der Waals surface area contributed by atoms with Crippen LogP contribution >= 0.6 is 0 Å². The second kappa shape index (κ2) is 9.69. The third kappa shape index (κ3) is 5.92. The Labute approximate surface area is 160 Å². The fraction of sp³-hybridized carbons (Fsp3) is 0.429. The number of ether oxygens (including phenoxy) is 3. The van der Waals surface area contributed by atoms with Gasteiger partial charge < -0.3 is 24.4 Å². The fourth-order valence-electron chi connectivity index (χ4n) is 3.05. The van der Waals surface area contributed by atoms with E-state index in [4.69, 9.17) is 14.2 Å². The maximum absolute atomic E-state index is 13.0. The molecule has 1 N–H and O–H groups in total. The molecule has 146 valence electrons. The minimum Gasteiger partial charge on any atom is -0.493 e. The summed E-state index contributed by atoms with van der Waals surface area (Å²) < 4.78 is 30.0. The van der Waals surface area contributed by atoms with E-state index in [2.05, 4.69) is 17.3 Å². The fourth-order valence-corrected chi connectivity index (χ4v) is 3.05. The number of benzene rings is 2. The molecular formula is C21H27FN2O3. The summed E-state index contributed by atoms with van der Waals surface area (Å²) in [6, 6.07) is 12.2. The van der Waals surface area contributed by atoms with Crippen LogP contribution < -0.4 is 14.8 Å². The molecule has 1 aliphatic rings. The standard InChI is InChI=1S/C21H27FN2O3/c1-24-9-10-26-19(14-24)13-23-12-17-5-8-20(21(11-17)25-2)27-15-16-3-6-18(22)7-4-16/h3-8,11,19,23H,9-10,12-15H2,1-2H3. The number of halogens is 1. The quantitative estimate of drug-likeness (QED) is 0.770. The first-order valence-corrected chi connectivity index (χ1v) is 9.19. The summed E-state index contributed by atoms with van der Waals surface area (Å²) in [6.07, 6.45) is 0.226. The second-order valence-electron chi connectivity index (χ2n) is 6.79. The van der Waals surface area contributed by atoms with Gasteiger partial charge in [0.05, 0.1) is 19.8 Å². The Kier molecular flexibility index (Phi) is 7.04. The molecular weight excluding hydrogens is 347 g/mol. The summed E-state index contributed by atoms with van der Waals surface area (Å²) in [4.78, 5) is 2.28. The van der Waals surface area contributed by atoms with Crippen LogP contribution in [0.3, 0.4) is 0 Å². The molecule has 5 nitrogen and oxygen atoms in total. The molecule has 1 atom stereocenters. The number of nitrogens with one attached hydrogen (secondary N) is 1. The van der Waals surface area contributed by atoms with Gasteiger partial charge >= 0.3 is 0 Å². The Bertz CT molecular complexity index is 724. The molecule has 1 heterocycles. The van der Waals surface area contributed by atoms with E-state index in [1.807, 2.05) is 18.2 Å². The van der Waals surface area contributed by atoms with Gasteiger partial charge in [-0.25, -0.2) is 4.39 Å². The Hall–Kier alpha value is -2.15. The van der Waals surface area contributed by atoms with Crippen LogP contribution in [-0.4, -0.2) is 51.4 Å². The topological polar surface area (TPSA) is 43.0 Å². The monoisotopic (exact) mass is 374 g/mol. The van der Waals surface area contributed by atoms with Gasteiger partial charge in [-0.1, -0.05) is 18.2 Å². The predicted molar refractivity (Wildman–Crippen MR) is 103 cm³/mol. The molecule has 3 rings (SSSR count). The normalized spacial score (nSPS) is 17.7. The lowest BCUT2D eigenvalue weighted by Crippen LogP contribution is -2.44. The van der Waals surface area contributed by atoms with Crippen molar-refractivity contribution in [2.24, 2.45) is 0 Å². The van der Waals surface area contributed by atoms with Crippen LogP contribution in [0.2, 0.25) is 0 Å². The third-order valence-corrected chi connectivity index (χ3v) is 4.58. The van der Waals surface area contributed by atoms with Crippen LogP contribution in [0.25, 0.3) is 0 Å². The van der Waals surface area contributed by atoms with Crippen molar-refractivity contribution >= 4 is 0 Å². The van der Waals surface area contributed by atoms with E-state index in [-0.39, 0.29) is 11.9 Å². The van der Waals surface area contributed by atoms with Gasteiger partial charge in [0.2, 0.25) is 0 Å². The lowest BCUT2D eigenvalue weighted by molar-refractivity contribution is -0.0182. The Morgan fingerprint density at radius 3 is 2.67 bits per heavy atom. The van der Waals surface area contributed by atoms with Gasteiger partial charge in [0.25, 0.3) is 0 Å². The summed E-state index contributed by atoms with van der Waals surface area (Å²) >= 11 is 0. The van der Waals surface area contributed by atoms with E-state index in [1.54, 1.807) is 19.2 Å². The number of morpholine rings is 1. The van der Waals surface area contributed by atoms with Crippen molar-refractivity contribution in [1.29, 1.82) is 0 Å². The Morgan fingerprint density at radius 2 is 1.93 bits per heavy atom. The van der Waals surface area contributed by atoms with Crippen molar-refractivity contribution in [2.75, 3.05) is 40.4 Å². The van der Waals surface area contributed by atoms with Gasteiger partial charge in [0.15, 0.2) is 11.5 Å². The molecule has 0 saturated carbocycles. The van der Waals surface area contributed by atoms with E-state index in [0.717, 1.165) is 43.9 Å². The number of rotatable bonds is 8. The first-order valence-electron chi connectivity index (χ1n) is 9.19. The highest BCUT2D eigenvalue weighted by Gasteiger charge is 2.17. The zero-order valence-electron chi connectivity index (χ0n) is 15.9. The van der Waals surface area contributed by atoms with E-state index in [1.165, 1.54) is 12.1 Å². The van der Waals surface area contributed by atoms with Crippen LogP contribution in [0.1, 0.15) is 11.1 Å². The van der Waals surface area contributed by atoms with Crippen molar-refractivity contribution in [2.45, 2.75) is 19.3 Å². The number of hydrogen-bond donors (Lipinski definition) is 1. The largest absolute Gasteiger partial charge is 0.493 e. The number of methoxy groups -OCH3 is 1. The van der Waals surface area contributed by atoms with Crippen molar-refractivity contribution in [3.8, 4) is 11.5 Å². The minimum atomic E-state index is -0.251. The average Bonchev–Trinajstić information content (AvgIpc) is 2.68. The van der Waals surface area contributed by atoms with Crippen LogP contribution in [0, 0.1) is 5.82 Å². The first kappa shape index (κ1) is 19.6. The highest BCUT2D eigenvalue weighted by atomic mass is 19.1. The maximum atomic E-state index is 13.0. The molecule has 1 aliphatic heterocycles. The summed E-state index contributed by atoms with van der Waals surface area (Å²) in [5.41, 5.74) is 2.02. The number of hydrogen-bond acceptors (Lipinski definition) is 5. The summed E-state index contributed by atoms with van der Waals surface area (Å²) in [6.45, 7) is 4.64.